The number of amides is 1. The van der Waals surface area contributed by atoms with E-state index in [4.69, 9.17) is 11.6 Å². The third kappa shape index (κ3) is 5.12. The van der Waals surface area contributed by atoms with Crippen LogP contribution >= 0.6 is 11.6 Å². The summed E-state index contributed by atoms with van der Waals surface area (Å²) in [5, 5.41) is 31.7. The molecule has 2 aromatic rings. The van der Waals surface area contributed by atoms with Gasteiger partial charge in [0.1, 0.15) is 0 Å². The van der Waals surface area contributed by atoms with E-state index >= 15 is 0 Å². The topological polar surface area (TPSA) is 124 Å². The van der Waals surface area contributed by atoms with Gasteiger partial charge in [0.2, 0.25) is 0 Å². The summed E-state index contributed by atoms with van der Waals surface area (Å²) < 4.78 is 67.5. The highest BCUT2D eigenvalue weighted by Gasteiger charge is 2.58. The maximum Gasteiger partial charge on any atom is 0.255 e. The number of rotatable bonds is 7. The number of halogens is 4. The van der Waals surface area contributed by atoms with Gasteiger partial charge in [-0.1, -0.05) is 18.5 Å². The minimum absolute atomic E-state index is 0.00910. The van der Waals surface area contributed by atoms with Crippen molar-refractivity contribution in [3.8, 4) is 0 Å². The van der Waals surface area contributed by atoms with Crippen LogP contribution in [-0.2, 0) is 9.84 Å². The molecule has 12 heteroatoms. The lowest BCUT2D eigenvalue weighted by atomic mass is 9.70. The van der Waals surface area contributed by atoms with Crippen LogP contribution in [0, 0.1) is 35.2 Å². The molecule has 0 heterocycles. The second-order valence-electron chi connectivity index (χ2n) is 10.0. The van der Waals surface area contributed by atoms with Crippen molar-refractivity contribution in [1.29, 1.82) is 0 Å². The second kappa shape index (κ2) is 10.2. The van der Waals surface area contributed by atoms with Gasteiger partial charge >= 0.3 is 0 Å². The van der Waals surface area contributed by atoms with E-state index < -0.39 is 68.6 Å². The number of sulfone groups is 1. The second-order valence-corrected chi connectivity index (χ2v) is 12.6. The van der Waals surface area contributed by atoms with Crippen molar-refractivity contribution in [3.63, 3.8) is 0 Å². The highest BCUT2D eigenvalue weighted by Crippen LogP contribution is 2.56. The Morgan fingerprint density at radius 2 is 1.81 bits per heavy atom. The number of aliphatic hydroxyl groups is 3. The maximum absolute atomic E-state index is 13.7. The number of carbonyl (C=O) groups excluding carboxylic acids is 1. The standard InChI is InChI=1S/C25H27ClF3NO6S/c1-12-4-14-6-17(9-18(12)25(14,34)10-16(32)11-31)37(35,36)22-5-13(2-3-19(22)26)24(33)30-15-7-20(27)23(29)21(28)8-15/h2-3,5,7-8,12,14,16-18,31-32,34H,4,6,9-11H2,1H3,(H,30,33)/t12-,14?,16?,17+,18?,25+/m0/s1. The van der Waals surface area contributed by atoms with Gasteiger partial charge in [-0.2, -0.15) is 0 Å². The molecule has 4 N–H and O–H groups in total. The fraction of sp³-hybridized carbons (Fsp3) is 0.480. The lowest BCUT2D eigenvalue weighted by Gasteiger charge is -2.44. The quantitative estimate of drug-likeness (QED) is 0.382. The van der Waals surface area contributed by atoms with E-state index in [2.05, 4.69) is 5.32 Å². The summed E-state index contributed by atoms with van der Waals surface area (Å²) >= 11 is 6.22. The van der Waals surface area contributed by atoms with Crippen molar-refractivity contribution in [2.24, 2.45) is 17.8 Å². The Morgan fingerprint density at radius 1 is 1.16 bits per heavy atom. The van der Waals surface area contributed by atoms with Gasteiger partial charge in [-0.05, 0) is 55.2 Å². The molecule has 0 saturated heterocycles. The number of fused-ring (bicyclic) bond motifs is 2. The predicted octanol–water partition coefficient (Wildman–Crippen LogP) is 3.69. The molecule has 2 fully saturated rings. The van der Waals surface area contributed by atoms with Crippen LogP contribution in [0.15, 0.2) is 35.2 Å². The molecule has 2 saturated carbocycles. The highest BCUT2D eigenvalue weighted by molar-refractivity contribution is 7.92. The predicted molar refractivity (Wildman–Crippen MR) is 129 cm³/mol. The lowest BCUT2D eigenvalue weighted by Crippen LogP contribution is -2.51. The molecule has 2 aliphatic carbocycles. The summed E-state index contributed by atoms with van der Waals surface area (Å²) in [6, 6.07) is 4.73. The smallest absolute Gasteiger partial charge is 0.255 e. The zero-order valence-corrected chi connectivity index (χ0v) is 21.4. The van der Waals surface area contributed by atoms with Crippen molar-refractivity contribution in [1.82, 2.24) is 0 Å². The lowest BCUT2D eigenvalue weighted by molar-refractivity contribution is -0.0992. The zero-order chi connectivity index (χ0) is 27.3. The summed E-state index contributed by atoms with van der Waals surface area (Å²) in [6.07, 6.45) is -0.404. The van der Waals surface area contributed by atoms with E-state index in [0.29, 0.717) is 18.6 Å². The first kappa shape index (κ1) is 27.8. The number of carbonyl (C=O) groups is 1. The van der Waals surface area contributed by atoms with Crippen molar-refractivity contribution in [2.75, 3.05) is 11.9 Å². The molecule has 202 valence electrons. The molecule has 0 aromatic heterocycles. The largest absolute Gasteiger partial charge is 0.394 e. The van der Waals surface area contributed by atoms with E-state index in [-0.39, 0.29) is 46.3 Å². The Labute approximate surface area is 217 Å². The molecule has 0 spiro atoms. The minimum atomic E-state index is -4.08. The highest BCUT2D eigenvalue weighted by atomic mass is 35.5. The molecule has 37 heavy (non-hydrogen) atoms. The Kier molecular flexibility index (Phi) is 7.66. The van der Waals surface area contributed by atoms with E-state index in [1.54, 1.807) is 0 Å². The van der Waals surface area contributed by atoms with Crippen LogP contribution in [0.25, 0.3) is 0 Å². The van der Waals surface area contributed by atoms with E-state index in [1.807, 2.05) is 6.92 Å². The fourth-order valence-corrected chi connectivity index (χ4v) is 8.31. The van der Waals surface area contributed by atoms with Crippen LogP contribution in [0.2, 0.25) is 5.02 Å². The molecule has 0 radical (unpaired) electrons. The van der Waals surface area contributed by atoms with Crippen LogP contribution in [0.5, 0.6) is 0 Å². The summed E-state index contributed by atoms with van der Waals surface area (Å²) in [5.74, 6) is -6.43. The van der Waals surface area contributed by atoms with Crippen molar-refractivity contribution in [3.05, 3.63) is 58.4 Å². The summed E-state index contributed by atoms with van der Waals surface area (Å²) in [6.45, 7) is 1.40. The number of hydrogen-bond donors (Lipinski definition) is 4. The molecular weight excluding hydrogens is 535 g/mol. The summed E-state index contributed by atoms with van der Waals surface area (Å²) in [5.41, 5.74) is -1.82. The average Bonchev–Trinajstić information content (AvgIpc) is 2.95. The van der Waals surface area contributed by atoms with Gasteiger partial charge in [-0.3, -0.25) is 4.79 Å². The maximum atomic E-state index is 13.7. The van der Waals surface area contributed by atoms with Crippen LogP contribution < -0.4 is 5.32 Å². The first-order valence-corrected chi connectivity index (χ1v) is 13.7. The number of nitrogens with one attached hydrogen (secondary N) is 1. The van der Waals surface area contributed by atoms with Crippen molar-refractivity contribution >= 4 is 33.0 Å². The van der Waals surface area contributed by atoms with Gasteiger partial charge < -0.3 is 20.6 Å². The molecule has 2 bridgehead atoms. The van der Waals surface area contributed by atoms with Crippen molar-refractivity contribution < 1.29 is 41.7 Å². The SMILES string of the molecule is C[C@H]1CC2C[C@@H](S(=O)(=O)c3cc(C(=O)Nc4cc(F)c(F)c(F)c4)ccc3Cl)CC1[C@@]2(O)CC(O)CO. The third-order valence-electron chi connectivity index (χ3n) is 7.71. The van der Waals surface area contributed by atoms with Gasteiger partial charge in [-0.25, -0.2) is 21.6 Å². The summed E-state index contributed by atoms with van der Waals surface area (Å²) in [4.78, 5) is 12.4. The molecule has 6 atom stereocenters. The molecule has 1 amide bonds. The summed E-state index contributed by atoms with van der Waals surface area (Å²) in [7, 11) is -4.08. The van der Waals surface area contributed by atoms with Gasteiger partial charge in [0.25, 0.3) is 5.91 Å². The molecular formula is C25H27ClF3NO6S. The average molecular weight is 562 g/mol. The number of anilines is 1. The van der Waals surface area contributed by atoms with E-state index in [1.165, 1.54) is 12.1 Å². The van der Waals surface area contributed by atoms with Crippen LogP contribution in [0.3, 0.4) is 0 Å². The molecule has 7 nitrogen and oxygen atoms in total. The zero-order valence-electron chi connectivity index (χ0n) is 19.8. The first-order chi connectivity index (χ1) is 17.3. The van der Waals surface area contributed by atoms with Gasteiger partial charge in [-0.15, -0.1) is 0 Å². The minimum Gasteiger partial charge on any atom is -0.394 e. The van der Waals surface area contributed by atoms with Crippen LogP contribution in [0.1, 0.15) is 43.0 Å². The fourth-order valence-electron chi connectivity index (χ4n) is 5.93. The first-order valence-electron chi connectivity index (χ1n) is 11.8. The molecule has 2 aromatic carbocycles. The van der Waals surface area contributed by atoms with E-state index in [9.17, 15) is 41.7 Å². The molecule has 2 aliphatic rings. The van der Waals surface area contributed by atoms with E-state index in [0.717, 1.165) is 6.07 Å². The monoisotopic (exact) mass is 561 g/mol. The van der Waals surface area contributed by atoms with Gasteiger partial charge in [0, 0.05) is 29.8 Å². The number of hydrogen-bond acceptors (Lipinski definition) is 6. The number of aliphatic hydroxyl groups excluding tert-OH is 2. The molecule has 3 unspecified atom stereocenters. The van der Waals surface area contributed by atoms with Gasteiger partial charge in [0.15, 0.2) is 27.3 Å². The molecule has 4 rings (SSSR count). The van der Waals surface area contributed by atoms with Crippen LogP contribution in [-0.4, -0.2) is 53.2 Å². The Balaban J connectivity index is 1.59. The Morgan fingerprint density at radius 3 is 2.41 bits per heavy atom. The molecule has 0 aliphatic heterocycles. The third-order valence-corrected chi connectivity index (χ3v) is 10.4. The Bertz CT molecular complexity index is 1300. The van der Waals surface area contributed by atoms with Gasteiger partial charge in [0.05, 0.1) is 33.5 Å². The van der Waals surface area contributed by atoms with Crippen LogP contribution in [0.4, 0.5) is 18.9 Å². The number of benzene rings is 2. The Hall–Kier alpha value is -2.18. The van der Waals surface area contributed by atoms with Crippen molar-refractivity contribution in [2.45, 2.75) is 54.5 Å². The normalized spacial score (nSPS) is 28.2.